The third-order valence-electron chi connectivity index (χ3n) is 3.19. The fourth-order valence-corrected chi connectivity index (χ4v) is 2.90. The molecule has 0 fully saturated rings. The van der Waals surface area contributed by atoms with Gasteiger partial charge in [0.1, 0.15) is 11.0 Å². The minimum absolute atomic E-state index is 0.166. The lowest BCUT2D eigenvalue weighted by atomic mass is 10.3. The summed E-state index contributed by atoms with van der Waals surface area (Å²) in [7, 11) is 0. The maximum absolute atomic E-state index is 12.0. The molecule has 0 saturated carbocycles. The smallest absolute Gasteiger partial charge is 0.400 e. The van der Waals surface area contributed by atoms with Crippen LogP contribution in [-0.4, -0.2) is 28.1 Å². The topological polar surface area (TPSA) is 123 Å². The molecule has 25 heavy (non-hydrogen) atoms. The molecule has 2 heterocycles. The first-order valence-electron chi connectivity index (χ1n) is 7.22. The van der Waals surface area contributed by atoms with Gasteiger partial charge in [-0.05, 0) is 25.1 Å². The van der Waals surface area contributed by atoms with Gasteiger partial charge in [0.25, 0.3) is 5.91 Å². The summed E-state index contributed by atoms with van der Waals surface area (Å²) in [5, 5.41) is 17.9. The second-order valence-corrected chi connectivity index (χ2v) is 6.05. The first kappa shape index (κ1) is 16.6. The first-order chi connectivity index (χ1) is 12.0. The molecule has 1 amide bonds. The van der Waals surface area contributed by atoms with Crippen molar-refractivity contribution in [2.45, 2.75) is 13.0 Å². The number of fused-ring (bicyclic) bond motifs is 1. The molecule has 0 radical (unpaired) electrons. The van der Waals surface area contributed by atoms with E-state index < -0.39 is 16.8 Å². The van der Waals surface area contributed by atoms with Gasteiger partial charge in [0, 0.05) is 0 Å². The quantitative estimate of drug-likeness (QED) is 0.396. The Morgan fingerprint density at radius 3 is 2.92 bits per heavy atom. The van der Waals surface area contributed by atoms with Gasteiger partial charge in [0.05, 0.1) is 22.5 Å². The number of rotatable bonds is 6. The number of carbonyl (C=O) groups is 1. The Bertz CT molecular complexity index is 915. The van der Waals surface area contributed by atoms with Gasteiger partial charge < -0.3 is 9.73 Å². The van der Waals surface area contributed by atoms with Crippen LogP contribution in [0.4, 0.5) is 11.0 Å². The molecule has 0 aliphatic heterocycles. The monoisotopic (exact) mass is 359 g/mol. The van der Waals surface area contributed by atoms with Crippen LogP contribution in [0.25, 0.3) is 10.2 Å². The molecule has 0 aliphatic rings. The maximum atomic E-state index is 12.0. The number of aromatic nitrogens is 1. The number of hydrogen-bond acceptors (Lipinski definition) is 8. The van der Waals surface area contributed by atoms with Gasteiger partial charge in [0.15, 0.2) is 10.9 Å². The lowest BCUT2D eigenvalue weighted by Gasteiger charge is -2.10. The zero-order chi connectivity index (χ0) is 17.8. The van der Waals surface area contributed by atoms with Gasteiger partial charge in [-0.25, -0.2) is 10.4 Å². The van der Waals surface area contributed by atoms with E-state index in [9.17, 15) is 14.9 Å². The predicted octanol–water partition coefficient (Wildman–Crippen LogP) is 2.75. The standard InChI is InChI=1S/C15H13N5O4S/c1-9(17-15-18-11-4-2-3-5-12(11)25-15)14(21)19-16-8-10-6-7-13(24-10)20(22)23/h2-9H,1H3,(H,17,18)(H,19,21)/b16-8-/t9-/m1/s1. The van der Waals surface area contributed by atoms with E-state index >= 15 is 0 Å². The molecule has 10 heteroatoms. The maximum Gasteiger partial charge on any atom is 0.433 e. The number of furan rings is 1. The van der Waals surface area contributed by atoms with Crippen molar-refractivity contribution in [1.82, 2.24) is 10.4 Å². The summed E-state index contributed by atoms with van der Waals surface area (Å²) in [4.78, 5) is 26.3. The highest BCUT2D eigenvalue weighted by atomic mass is 32.1. The number of para-hydroxylation sites is 1. The van der Waals surface area contributed by atoms with E-state index in [0.29, 0.717) is 5.13 Å². The Balaban J connectivity index is 1.56. The molecular formula is C15H13N5O4S. The Morgan fingerprint density at radius 1 is 1.40 bits per heavy atom. The second kappa shape index (κ2) is 7.09. The van der Waals surface area contributed by atoms with Gasteiger partial charge in [-0.1, -0.05) is 23.5 Å². The van der Waals surface area contributed by atoms with E-state index in [-0.39, 0.29) is 11.7 Å². The Morgan fingerprint density at radius 2 is 2.20 bits per heavy atom. The summed E-state index contributed by atoms with van der Waals surface area (Å²) in [6.45, 7) is 1.68. The molecule has 1 atom stereocenters. The van der Waals surface area contributed by atoms with Crippen LogP contribution < -0.4 is 10.7 Å². The molecule has 2 aromatic heterocycles. The molecular weight excluding hydrogens is 346 g/mol. The molecule has 128 valence electrons. The SMILES string of the molecule is C[C@@H](Nc1nc2ccccc2s1)C(=O)N/N=C\c1ccc([N+](=O)[O-])o1. The molecule has 9 nitrogen and oxygen atoms in total. The second-order valence-electron chi connectivity index (χ2n) is 5.02. The summed E-state index contributed by atoms with van der Waals surface area (Å²) in [5.41, 5.74) is 3.20. The van der Waals surface area contributed by atoms with Crippen molar-refractivity contribution in [1.29, 1.82) is 0 Å². The molecule has 0 spiro atoms. The highest BCUT2D eigenvalue weighted by Gasteiger charge is 2.14. The fourth-order valence-electron chi connectivity index (χ4n) is 1.95. The molecule has 3 rings (SSSR count). The molecule has 3 aromatic rings. The number of amides is 1. The molecule has 0 saturated heterocycles. The van der Waals surface area contributed by atoms with E-state index in [2.05, 4.69) is 20.8 Å². The summed E-state index contributed by atoms with van der Waals surface area (Å²) in [6.07, 6.45) is 1.19. The van der Waals surface area contributed by atoms with Crippen molar-refractivity contribution in [3.8, 4) is 0 Å². The number of hydrogen-bond donors (Lipinski definition) is 2. The summed E-state index contributed by atoms with van der Waals surface area (Å²) in [6, 6.07) is 9.70. The number of carbonyl (C=O) groups excluding carboxylic acids is 1. The van der Waals surface area contributed by atoms with Gasteiger partial charge >= 0.3 is 5.88 Å². The Labute approximate surface area is 145 Å². The number of nitro groups is 1. The number of anilines is 1. The van der Waals surface area contributed by atoms with Crippen LogP contribution in [0.15, 0.2) is 45.9 Å². The predicted molar refractivity (Wildman–Crippen MR) is 93.8 cm³/mol. The van der Waals surface area contributed by atoms with Crippen LogP contribution in [0.2, 0.25) is 0 Å². The van der Waals surface area contributed by atoms with Crippen LogP contribution in [0.5, 0.6) is 0 Å². The number of thiazole rings is 1. The van der Waals surface area contributed by atoms with Crippen LogP contribution in [0, 0.1) is 10.1 Å². The summed E-state index contributed by atoms with van der Waals surface area (Å²) >= 11 is 1.45. The van der Waals surface area contributed by atoms with Gasteiger partial charge in [-0.15, -0.1) is 0 Å². The lowest BCUT2D eigenvalue weighted by Crippen LogP contribution is -2.34. The highest BCUT2D eigenvalue weighted by molar-refractivity contribution is 7.22. The highest BCUT2D eigenvalue weighted by Crippen LogP contribution is 2.25. The zero-order valence-electron chi connectivity index (χ0n) is 13.0. The largest absolute Gasteiger partial charge is 0.433 e. The Kier molecular flexibility index (Phi) is 4.70. The van der Waals surface area contributed by atoms with E-state index in [1.807, 2.05) is 24.3 Å². The van der Waals surface area contributed by atoms with E-state index in [1.54, 1.807) is 6.92 Å². The number of nitrogens with zero attached hydrogens (tertiary/aromatic N) is 3. The van der Waals surface area contributed by atoms with Crippen LogP contribution >= 0.6 is 11.3 Å². The van der Waals surface area contributed by atoms with E-state index in [4.69, 9.17) is 4.42 Å². The Hall–Kier alpha value is -3.27. The van der Waals surface area contributed by atoms with Crippen molar-refractivity contribution in [2.75, 3.05) is 5.32 Å². The summed E-state index contributed by atoms with van der Waals surface area (Å²) < 4.78 is 5.92. The van der Waals surface area contributed by atoms with E-state index in [1.165, 1.54) is 29.7 Å². The number of nitrogens with one attached hydrogen (secondary N) is 2. The average molecular weight is 359 g/mol. The zero-order valence-corrected chi connectivity index (χ0v) is 13.8. The molecule has 0 aliphatic carbocycles. The van der Waals surface area contributed by atoms with Crippen LogP contribution in [-0.2, 0) is 4.79 Å². The van der Waals surface area contributed by atoms with Gasteiger partial charge in [0.2, 0.25) is 0 Å². The fraction of sp³-hybridized carbons (Fsp3) is 0.133. The molecule has 0 unspecified atom stereocenters. The van der Waals surface area contributed by atoms with E-state index in [0.717, 1.165) is 10.2 Å². The first-order valence-corrected chi connectivity index (χ1v) is 8.04. The number of hydrazone groups is 1. The van der Waals surface area contributed by atoms with Crippen molar-refractivity contribution < 1.29 is 14.1 Å². The third kappa shape index (κ3) is 3.98. The normalized spacial score (nSPS) is 12.4. The third-order valence-corrected chi connectivity index (χ3v) is 4.15. The lowest BCUT2D eigenvalue weighted by molar-refractivity contribution is -0.402. The summed E-state index contributed by atoms with van der Waals surface area (Å²) in [5.74, 6) is -0.603. The minimum atomic E-state index is -0.653. The molecule has 2 N–H and O–H groups in total. The minimum Gasteiger partial charge on any atom is -0.400 e. The van der Waals surface area contributed by atoms with Gasteiger partial charge in [-0.3, -0.25) is 14.9 Å². The van der Waals surface area contributed by atoms with Crippen LogP contribution in [0.3, 0.4) is 0 Å². The average Bonchev–Trinajstić information content (AvgIpc) is 3.20. The van der Waals surface area contributed by atoms with Crippen molar-refractivity contribution in [3.05, 3.63) is 52.3 Å². The molecule has 0 bridgehead atoms. The molecule has 1 aromatic carbocycles. The van der Waals surface area contributed by atoms with Gasteiger partial charge in [-0.2, -0.15) is 5.10 Å². The van der Waals surface area contributed by atoms with Crippen molar-refractivity contribution in [3.63, 3.8) is 0 Å². The number of benzene rings is 1. The van der Waals surface area contributed by atoms with Crippen molar-refractivity contribution in [2.24, 2.45) is 5.10 Å². The van der Waals surface area contributed by atoms with Crippen LogP contribution in [0.1, 0.15) is 12.7 Å². The van der Waals surface area contributed by atoms with Crippen molar-refractivity contribution >= 4 is 44.7 Å².